The number of aliphatic carboxylic acids is 1. The van der Waals surface area contributed by atoms with Crippen molar-refractivity contribution < 1.29 is 33.4 Å². The first kappa shape index (κ1) is 24.2. The van der Waals surface area contributed by atoms with Crippen molar-refractivity contribution >= 4 is 17.8 Å². The van der Waals surface area contributed by atoms with Crippen LogP contribution in [0.25, 0.3) is 11.1 Å². The van der Waals surface area contributed by atoms with Crippen molar-refractivity contribution in [2.24, 2.45) is 5.92 Å². The maximum atomic E-state index is 13.5. The van der Waals surface area contributed by atoms with E-state index in [1.54, 1.807) is 48.5 Å². The van der Waals surface area contributed by atoms with Crippen LogP contribution in [0, 0.1) is 17.6 Å². The minimum atomic E-state index is -1.21. The molecule has 1 aliphatic heterocycles. The van der Waals surface area contributed by atoms with Gasteiger partial charge in [-0.05, 0) is 60.2 Å². The van der Waals surface area contributed by atoms with E-state index < -0.39 is 41.4 Å². The van der Waals surface area contributed by atoms with Crippen LogP contribution in [0.3, 0.4) is 0 Å². The number of carboxylic acids is 1. The fraction of sp³-hybridized carbons (Fsp3) is 0.222. The Labute approximate surface area is 200 Å². The molecule has 0 saturated carbocycles. The first-order valence-electron chi connectivity index (χ1n) is 11.2. The number of fused-ring (bicyclic) bond motifs is 1. The molecule has 8 heteroatoms. The number of carbonyl (C=O) groups excluding carboxylic acids is 2. The first-order valence-corrected chi connectivity index (χ1v) is 11.2. The molecule has 4 rings (SSSR count). The Bertz CT molecular complexity index is 1240. The highest BCUT2D eigenvalue weighted by molar-refractivity contribution is 6.21. The zero-order valence-electron chi connectivity index (χ0n) is 18.7. The van der Waals surface area contributed by atoms with Crippen LogP contribution in [0.2, 0.25) is 0 Å². The largest absolute Gasteiger partial charge is 0.481 e. The Morgan fingerprint density at radius 1 is 0.829 bits per heavy atom. The van der Waals surface area contributed by atoms with Crippen LogP contribution in [-0.2, 0) is 11.2 Å². The number of rotatable bonds is 9. The molecule has 0 saturated heterocycles. The molecule has 0 aliphatic carbocycles. The van der Waals surface area contributed by atoms with Crippen LogP contribution in [-0.4, -0.2) is 45.5 Å². The van der Waals surface area contributed by atoms with Gasteiger partial charge in [-0.15, -0.1) is 0 Å². The van der Waals surface area contributed by atoms with Gasteiger partial charge in [-0.2, -0.15) is 0 Å². The summed E-state index contributed by atoms with van der Waals surface area (Å²) in [6.45, 7) is -0.108. The predicted octanol–water partition coefficient (Wildman–Crippen LogP) is 4.31. The number of hydrogen-bond acceptors (Lipinski definition) is 4. The van der Waals surface area contributed by atoms with E-state index >= 15 is 0 Å². The van der Waals surface area contributed by atoms with Gasteiger partial charge in [0.25, 0.3) is 11.8 Å². The zero-order chi connectivity index (χ0) is 25.1. The normalized spacial score (nSPS) is 14.7. The average molecular weight is 479 g/mol. The summed E-state index contributed by atoms with van der Waals surface area (Å²) in [4.78, 5) is 37.8. The molecule has 1 heterocycles. The molecule has 0 unspecified atom stereocenters. The molecule has 0 radical (unpaired) electrons. The SMILES string of the molecule is O=C(O)[C@H](CCN1C(=O)c2ccccc2C1=O)[C@@H](O)CCc1ccc(-c2ccc(F)c(F)c2)cc1. The van der Waals surface area contributed by atoms with Crippen molar-refractivity contribution in [3.8, 4) is 11.1 Å². The molecule has 0 fully saturated rings. The van der Waals surface area contributed by atoms with Crippen molar-refractivity contribution in [2.75, 3.05) is 6.54 Å². The van der Waals surface area contributed by atoms with Gasteiger partial charge in [-0.25, -0.2) is 8.78 Å². The summed E-state index contributed by atoms with van der Waals surface area (Å²) in [7, 11) is 0. The van der Waals surface area contributed by atoms with Crippen LogP contribution in [0.4, 0.5) is 8.78 Å². The molecular formula is C27H23F2NO5. The van der Waals surface area contributed by atoms with Crippen LogP contribution in [0.5, 0.6) is 0 Å². The zero-order valence-corrected chi connectivity index (χ0v) is 18.7. The first-order chi connectivity index (χ1) is 16.8. The van der Waals surface area contributed by atoms with Crippen molar-refractivity contribution in [2.45, 2.75) is 25.4 Å². The lowest BCUT2D eigenvalue weighted by atomic mass is 9.93. The van der Waals surface area contributed by atoms with E-state index in [0.717, 1.165) is 22.6 Å². The average Bonchev–Trinajstić information content (AvgIpc) is 3.09. The van der Waals surface area contributed by atoms with Gasteiger partial charge in [0, 0.05) is 6.54 Å². The van der Waals surface area contributed by atoms with E-state index in [-0.39, 0.29) is 30.5 Å². The number of aliphatic hydroxyl groups is 1. The second-order valence-electron chi connectivity index (χ2n) is 8.47. The van der Waals surface area contributed by atoms with Crippen LogP contribution in [0.1, 0.15) is 39.1 Å². The maximum Gasteiger partial charge on any atom is 0.309 e. The second-order valence-corrected chi connectivity index (χ2v) is 8.47. The fourth-order valence-electron chi connectivity index (χ4n) is 4.25. The summed E-state index contributed by atoms with van der Waals surface area (Å²) < 4.78 is 26.6. The predicted molar refractivity (Wildman–Crippen MR) is 124 cm³/mol. The van der Waals surface area contributed by atoms with E-state index in [9.17, 15) is 33.4 Å². The number of aliphatic hydroxyl groups excluding tert-OH is 1. The number of amides is 2. The van der Waals surface area contributed by atoms with Gasteiger partial charge in [0.05, 0.1) is 23.1 Å². The van der Waals surface area contributed by atoms with Gasteiger partial charge in [-0.1, -0.05) is 42.5 Å². The second kappa shape index (κ2) is 10.1. The molecule has 2 amide bonds. The summed E-state index contributed by atoms with van der Waals surface area (Å²) >= 11 is 0. The molecule has 180 valence electrons. The highest BCUT2D eigenvalue weighted by Crippen LogP contribution is 2.25. The number of hydrogen-bond donors (Lipinski definition) is 2. The fourth-order valence-corrected chi connectivity index (χ4v) is 4.25. The van der Waals surface area contributed by atoms with E-state index in [1.807, 2.05) is 0 Å². The molecule has 35 heavy (non-hydrogen) atoms. The third-order valence-corrected chi connectivity index (χ3v) is 6.26. The number of halogens is 2. The summed E-state index contributed by atoms with van der Waals surface area (Å²) in [6, 6.07) is 17.1. The lowest BCUT2D eigenvalue weighted by Crippen LogP contribution is -2.36. The lowest BCUT2D eigenvalue weighted by Gasteiger charge is -2.22. The number of carboxylic acid groups (broad SMARTS) is 1. The third-order valence-electron chi connectivity index (χ3n) is 6.26. The molecule has 1 aliphatic rings. The van der Waals surface area contributed by atoms with Gasteiger partial charge in [0.1, 0.15) is 0 Å². The minimum absolute atomic E-state index is 0.0724. The Kier molecular flexibility index (Phi) is 7.02. The molecule has 3 aromatic carbocycles. The molecule has 0 spiro atoms. The Morgan fingerprint density at radius 2 is 1.43 bits per heavy atom. The Hall–Kier alpha value is -3.91. The van der Waals surface area contributed by atoms with Gasteiger partial charge in [0.15, 0.2) is 11.6 Å². The van der Waals surface area contributed by atoms with Crippen molar-refractivity contribution in [1.82, 2.24) is 4.90 Å². The van der Waals surface area contributed by atoms with Crippen molar-refractivity contribution in [3.05, 3.63) is 95.1 Å². The summed E-state index contributed by atoms with van der Waals surface area (Å²) in [5.74, 6) is -5.15. The number of benzene rings is 3. The topological polar surface area (TPSA) is 94.9 Å². The summed E-state index contributed by atoms with van der Waals surface area (Å²) in [6.07, 6.45) is -0.718. The molecule has 3 aromatic rings. The van der Waals surface area contributed by atoms with E-state index in [4.69, 9.17) is 0 Å². The molecule has 0 bridgehead atoms. The number of imide groups is 1. The standard InChI is InChI=1S/C27H23F2NO5/c28-22-11-10-18(15-23(22)29)17-8-5-16(6-9-17)7-12-24(31)21(27(34)35)13-14-30-25(32)19-3-1-2-4-20(19)26(30)33/h1-6,8-11,15,21,24,31H,7,12-14H2,(H,34,35)/t21-,24+/m1/s1. The highest BCUT2D eigenvalue weighted by atomic mass is 19.2. The lowest BCUT2D eigenvalue weighted by molar-refractivity contribution is -0.146. The van der Waals surface area contributed by atoms with Crippen molar-refractivity contribution in [3.63, 3.8) is 0 Å². The van der Waals surface area contributed by atoms with Gasteiger partial charge in [0.2, 0.25) is 0 Å². The third kappa shape index (κ3) is 5.12. The molecular weight excluding hydrogens is 456 g/mol. The Morgan fingerprint density at radius 3 is 2.00 bits per heavy atom. The van der Waals surface area contributed by atoms with E-state index in [0.29, 0.717) is 17.5 Å². The number of nitrogens with zero attached hydrogens (tertiary/aromatic N) is 1. The van der Waals surface area contributed by atoms with Crippen LogP contribution < -0.4 is 0 Å². The monoisotopic (exact) mass is 479 g/mol. The molecule has 6 nitrogen and oxygen atoms in total. The van der Waals surface area contributed by atoms with E-state index in [2.05, 4.69) is 0 Å². The van der Waals surface area contributed by atoms with Gasteiger partial charge in [-0.3, -0.25) is 19.3 Å². The number of carbonyl (C=O) groups is 3. The molecule has 2 N–H and O–H groups in total. The summed E-state index contributed by atoms with van der Waals surface area (Å²) in [5, 5.41) is 20.2. The Balaban J connectivity index is 1.35. The van der Waals surface area contributed by atoms with Crippen LogP contribution >= 0.6 is 0 Å². The highest BCUT2D eigenvalue weighted by Gasteiger charge is 2.36. The van der Waals surface area contributed by atoms with Crippen molar-refractivity contribution in [1.29, 1.82) is 0 Å². The van der Waals surface area contributed by atoms with Gasteiger partial charge < -0.3 is 10.2 Å². The molecule has 0 aromatic heterocycles. The molecule has 2 atom stereocenters. The maximum absolute atomic E-state index is 13.5. The quantitative estimate of drug-likeness (QED) is 0.446. The van der Waals surface area contributed by atoms with Crippen LogP contribution in [0.15, 0.2) is 66.7 Å². The smallest absolute Gasteiger partial charge is 0.309 e. The summed E-state index contributed by atoms with van der Waals surface area (Å²) in [5.41, 5.74) is 2.63. The van der Waals surface area contributed by atoms with Gasteiger partial charge >= 0.3 is 5.97 Å². The van der Waals surface area contributed by atoms with E-state index in [1.165, 1.54) is 6.07 Å². The number of aryl methyl sites for hydroxylation is 1. The minimum Gasteiger partial charge on any atom is -0.481 e.